The Morgan fingerprint density at radius 1 is 0.868 bits per heavy atom. The fraction of sp³-hybridized carbons (Fsp3) is 0.409. The quantitative estimate of drug-likeness (QED) is 0.0558. The van der Waals surface area contributed by atoms with Crippen LogP contribution in [0.3, 0.4) is 0 Å². The number of benzene rings is 1. The summed E-state index contributed by atoms with van der Waals surface area (Å²) in [6.07, 6.45) is -0.435. The third-order valence-corrected chi connectivity index (χ3v) is 4.90. The number of carboxylic acids is 1. The SMILES string of the molecule is NC(=O)[C@H](CO)NC(=O)[C@H](CC(=O)O)NC(=O)CNC(=O)[C@H](CCCN=C(N)N)NC(=O)c1ccccc1. The van der Waals surface area contributed by atoms with Crippen molar-refractivity contribution in [1.29, 1.82) is 0 Å². The summed E-state index contributed by atoms with van der Waals surface area (Å²) < 4.78 is 0. The van der Waals surface area contributed by atoms with E-state index >= 15 is 0 Å². The number of nitrogens with one attached hydrogen (secondary N) is 4. The number of aliphatic carboxylic acids is 1. The van der Waals surface area contributed by atoms with Crippen LogP contribution in [0.2, 0.25) is 0 Å². The maximum absolute atomic E-state index is 12.8. The van der Waals surface area contributed by atoms with Gasteiger partial charge in [0.2, 0.25) is 23.6 Å². The first-order chi connectivity index (χ1) is 17.9. The van der Waals surface area contributed by atoms with Crippen molar-refractivity contribution in [3.63, 3.8) is 0 Å². The zero-order valence-corrected chi connectivity index (χ0v) is 20.4. The van der Waals surface area contributed by atoms with Gasteiger partial charge in [0.1, 0.15) is 18.1 Å². The molecule has 0 aromatic heterocycles. The Hall–Kier alpha value is -4.73. The number of nitrogens with two attached hydrogens (primary N) is 3. The number of hydrogen-bond donors (Lipinski definition) is 9. The smallest absolute Gasteiger partial charge is 0.305 e. The van der Waals surface area contributed by atoms with Gasteiger partial charge in [0.15, 0.2) is 5.96 Å². The number of carbonyl (C=O) groups is 6. The van der Waals surface area contributed by atoms with Crippen molar-refractivity contribution in [2.24, 2.45) is 22.2 Å². The number of primary amides is 1. The van der Waals surface area contributed by atoms with Crippen molar-refractivity contribution in [3.8, 4) is 0 Å². The molecule has 1 rings (SSSR count). The maximum Gasteiger partial charge on any atom is 0.305 e. The lowest BCUT2D eigenvalue weighted by Crippen LogP contribution is -2.56. The van der Waals surface area contributed by atoms with E-state index in [0.717, 1.165) is 0 Å². The Morgan fingerprint density at radius 2 is 1.53 bits per heavy atom. The number of amides is 5. The van der Waals surface area contributed by atoms with E-state index in [-0.39, 0.29) is 18.9 Å². The Bertz CT molecular complexity index is 1030. The molecule has 1 aromatic rings. The molecule has 0 aliphatic rings. The van der Waals surface area contributed by atoms with Crippen LogP contribution in [0.5, 0.6) is 0 Å². The van der Waals surface area contributed by atoms with Crippen LogP contribution in [0.1, 0.15) is 29.6 Å². The number of aliphatic hydroxyl groups excluding tert-OH is 1. The first-order valence-electron chi connectivity index (χ1n) is 11.3. The lowest BCUT2D eigenvalue weighted by molar-refractivity contribution is -0.141. The standard InChI is InChI=1S/C22H32N8O8/c23-18(35)15(11-31)30-21(38)14(9-17(33)34)28-16(32)10-27-20(37)13(7-4-8-26-22(24)25)29-19(36)12-5-2-1-3-6-12/h1-3,5-6,13-15,31H,4,7-11H2,(H2,23,35)(H,27,37)(H,28,32)(H,29,36)(H,30,38)(H,33,34)(H4,24,25,26)/t13-,14-,15-/m0/s1. The van der Waals surface area contributed by atoms with Gasteiger partial charge >= 0.3 is 5.97 Å². The molecular formula is C22H32N8O8. The highest BCUT2D eigenvalue weighted by molar-refractivity contribution is 5.98. The van der Waals surface area contributed by atoms with Gasteiger partial charge in [-0.2, -0.15) is 0 Å². The normalized spacial score (nSPS) is 12.7. The summed E-state index contributed by atoms with van der Waals surface area (Å²) in [5, 5.41) is 27.2. The molecule has 0 radical (unpaired) electrons. The van der Waals surface area contributed by atoms with E-state index in [0.29, 0.717) is 12.0 Å². The summed E-state index contributed by atoms with van der Waals surface area (Å²) in [6.45, 7) is -1.34. The van der Waals surface area contributed by atoms with Crippen LogP contribution in [-0.4, -0.2) is 89.5 Å². The molecule has 5 amide bonds. The van der Waals surface area contributed by atoms with E-state index in [1.807, 2.05) is 5.32 Å². The maximum atomic E-state index is 12.8. The predicted molar refractivity (Wildman–Crippen MR) is 133 cm³/mol. The summed E-state index contributed by atoms with van der Waals surface area (Å²) >= 11 is 0. The largest absolute Gasteiger partial charge is 0.481 e. The zero-order valence-electron chi connectivity index (χ0n) is 20.4. The summed E-state index contributed by atoms with van der Waals surface area (Å²) in [5.41, 5.74) is 15.9. The molecule has 0 aliphatic carbocycles. The molecule has 0 fully saturated rings. The summed E-state index contributed by atoms with van der Waals surface area (Å²) in [4.78, 5) is 76.1. The van der Waals surface area contributed by atoms with Gasteiger partial charge in [-0.05, 0) is 25.0 Å². The summed E-state index contributed by atoms with van der Waals surface area (Å²) in [6, 6.07) is 3.87. The second kappa shape index (κ2) is 16.1. The van der Waals surface area contributed by atoms with E-state index in [4.69, 9.17) is 27.4 Å². The highest BCUT2D eigenvalue weighted by atomic mass is 16.4. The minimum Gasteiger partial charge on any atom is -0.481 e. The monoisotopic (exact) mass is 536 g/mol. The van der Waals surface area contributed by atoms with Crippen molar-refractivity contribution in [3.05, 3.63) is 35.9 Å². The molecule has 0 saturated carbocycles. The van der Waals surface area contributed by atoms with E-state index in [1.54, 1.807) is 30.3 Å². The van der Waals surface area contributed by atoms with Crippen molar-refractivity contribution in [2.45, 2.75) is 37.4 Å². The van der Waals surface area contributed by atoms with Gasteiger partial charge in [-0.3, -0.25) is 33.8 Å². The van der Waals surface area contributed by atoms with Gasteiger partial charge in [0.05, 0.1) is 19.6 Å². The van der Waals surface area contributed by atoms with Crippen molar-refractivity contribution >= 4 is 41.5 Å². The first kappa shape index (κ1) is 31.3. The van der Waals surface area contributed by atoms with E-state index in [2.05, 4.69) is 20.9 Å². The molecule has 0 unspecified atom stereocenters. The van der Waals surface area contributed by atoms with Gasteiger partial charge in [0, 0.05) is 12.1 Å². The molecule has 0 aliphatic heterocycles. The molecule has 1 aromatic carbocycles. The van der Waals surface area contributed by atoms with Crippen LogP contribution in [0.25, 0.3) is 0 Å². The third-order valence-electron chi connectivity index (χ3n) is 4.90. The third kappa shape index (κ3) is 11.8. The average Bonchev–Trinajstić information content (AvgIpc) is 2.86. The molecular weight excluding hydrogens is 504 g/mol. The molecule has 208 valence electrons. The van der Waals surface area contributed by atoms with E-state index in [1.165, 1.54) is 0 Å². The molecule has 16 nitrogen and oxygen atoms in total. The van der Waals surface area contributed by atoms with Gasteiger partial charge in [0.25, 0.3) is 5.91 Å². The summed E-state index contributed by atoms with van der Waals surface area (Å²) in [5.74, 6) is -5.95. The minimum atomic E-state index is -1.64. The Balaban J connectivity index is 2.83. The lowest BCUT2D eigenvalue weighted by Gasteiger charge is -2.21. The predicted octanol–water partition coefficient (Wildman–Crippen LogP) is -4.12. The molecule has 3 atom stereocenters. The van der Waals surface area contributed by atoms with Crippen LogP contribution in [-0.2, 0) is 24.0 Å². The van der Waals surface area contributed by atoms with Crippen LogP contribution in [0.4, 0.5) is 0 Å². The lowest BCUT2D eigenvalue weighted by atomic mass is 10.1. The van der Waals surface area contributed by atoms with Gasteiger partial charge in [-0.1, -0.05) is 18.2 Å². The van der Waals surface area contributed by atoms with E-state index < -0.39 is 73.2 Å². The van der Waals surface area contributed by atoms with Crippen LogP contribution >= 0.6 is 0 Å². The number of carboxylic acid groups (broad SMARTS) is 1. The minimum absolute atomic E-state index is 0.114. The molecule has 0 spiro atoms. The molecule has 0 bridgehead atoms. The number of hydrogen-bond acceptors (Lipinski definition) is 8. The van der Waals surface area contributed by atoms with Crippen LogP contribution in [0, 0.1) is 0 Å². The number of aliphatic hydroxyl groups is 1. The fourth-order valence-corrected chi connectivity index (χ4v) is 3.00. The van der Waals surface area contributed by atoms with E-state index in [9.17, 15) is 28.8 Å². The highest BCUT2D eigenvalue weighted by Crippen LogP contribution is 2.04. The Morgan fingerprint density at radius 3 is 2.08 bits per heavy atom. The molecule has 0 heterocycles. The van der Waals surface area contributed by atoms with Gasteiger partial charge in [-0.15, -0.1) is 0 Å². The number of rotatable bonds is 16. The average molecular weight is 537 g/mol. The topological polar surface area (TPSA) is 281 Å². The second-order valence-corrected chi connectivity index (χ2v) is 7.92. The zero-order chi connectivity index (χ0) is 28.7. The summed E-state index contributed by atoms with van der Waals surface area (Å²) in [7, 11) is 0. The van der Waals surface area contributed by atoms with Crippen molar-refractivity contribution < 1.29 is 39.0 Å². The highest BCUT2D eigenvalue weighted by Gasteiger charge is 2.28. The van der Waals surface area contributed by atoms with Crippen molar-refractivity contribution in [2.75, 3.05) is 19.7 Å². The number of nitrogens with zero attached hydrogens (tertiary/aromatic N) is 1. The second-order valence-electron chi connectivity index (χ2n) is 7.92. The van der Waals surface area contributed by atoms with Gasteiger partial charge < -0.3 is 48.7 Å². The van der Waals surface area contributed by atoms with Crippen LogP contribution < -0.4 is 38.5 Å². The van der Waals surface area contributed by atoms with Crippen molar-refractivity contribution in [1.82, 2.24) is 21.3 Å². The molecule has 0 saturated heterocycles. The molecule has 16 heteroatoms. The number of aliphatic imine (C=N–C) groups is 1. The van der Waals surface area contributed by atoms with Crippen LogP contribution in [0.15, 0.2) is 35.3 Å². The molecule has 12 N–H and O–H groups in total. The number of carbonyl (C=O) groups excluding carboxylic acids is 5. The fourth-order valence-electron chi connectivity index (χ4n) is 3.00. The first-order valence-corrected chi connectivity index (χ1v) is 11.3. The molecule has 38 heavy (non-hydrogen) atoms. The number of guanidine groups is 1. The Kier molecular flexibility index (Phi) is 13.3. The van der Waals surface area contributed by atoms with Gasteiger partial charge in [-0.25, -0.2) is 0 Å². The Labute approximate surface area is 217 Å².